The van der Waals surface area contributed by atoms with Gasteiger partial charge in [0.2, 0.25) is 0 Å². The first-order valence-corrected chi connectivity index (χ1v) is 6.22. The number of carbonyl (C=O) groups is 1. The molecule has 0 unspecified atom stereocenters. The van der Waals surface area contributed by atoms with E-state index >= 15 is 0 Å². The molecule has 0 aromatic carbocycles. The molecule has 0 spiro atoms. The van der Waals surface area contributed by atoms with Gasteiger partial charge in [-0.15, -0.1) is 0 Å². The summed E-state index contributed by atoms with van der Waals surface area (Å²) in [4.78, 5) is 17.4. The second kappa shape index (κ2) is 4.43. The molecule has 0 bridgehead atoms. The predicted molar refractivity (Wildman–Crippen MR) is 70.9 cm³/mol. The van der Waals surface area contributed by atoms with E-state index in [4.69, 9.17) is 12.2 Å². The van der Waals surface area contributed by atoms with E-state index in [9.17, 15) is 4.79 Å². The molecule has 1 aromatic heterocycles. The van der Waals surface area contributed by atoms with E-state index in [0.717, 1.165) is 5.69 Å². The molecule has 16 heavy (non-hydrogen) atoms. The van der Waals surface area contributed by atoms with E-state index < -0.39 is 0 Å². The Morgan fingerprint density at radius 2 is 2.31 bits per heavy atom. The summed E-state index contributed by atoms with van der Waals surface area (Å²) in [6.45, 7) is 3.92. The average Bonchev–Trinajstić information content (AvgIpc) is 2.76. The third kappa shape index (κ3) is 2.05. The summed E-state index contributed by atoms with van der Waals surface area (Å²) >= 11 is 6.54. The van der Waals surface area contributed by atoms with Crippen LogP contribution in [0.3, 0.4) is 0 Å². The summed E-state index contributed by atoms with van der Waals surface area (Å²) in [6, 6.07) is 3.93. The van der Waals surface area contributed by atoms with Crippen molar-refractivity contribution in [1.82, 2.24) is 9.88 Å². The van der Waals surface area contributed by atoms with Crippen LogP contribution in [0.5, 0.6) is 0 Å². The van der Waals surface area contributed by atoms with Crippen LogP contribution in [0.25, 0.3) is 6.08 Å². The lowest BCUT2D eigenvalue weighted by Crippen LogP contribution is -2.34. The van der Waals surface area contributed by atoms with Gasteiger partial charge < -0.3 is 4.98 Å². The van der Waals surface area contributed by atoms with Crippen LogP contribution in [0.2, 0.25) is 0 Å². The molecular formula is C11H12N2OS2. The second-order valence-electron chi connectivity index (χ2n) is 3.77. The molecule has 1 aliphatic rings. The predicted octanol–water partition coefficient (Wildman–Crippen LogP) is 2.62. The highest BCUT2D eigenvalue weighted by molar-refractivity contribution is 8.26. The number of nitrogens with zero attached hydrogens (tertiary/aromatic N) is 1. The minimum Gasteiger partial charge on any atom is -0.362 e. The summed E-state index contributed by atoms with van der Waals surface area (Å²) in [5, 5.41) is 0. The molecule has 3 nitrogen and oxygen atoms in total. The van der Waals surface area contributed by atoms with Crippen LogP contribution in [0, 0.1) is 0 Å². The minimum atomic E-state index is -0.000370. The van der Waals surface area contributed by atoms with Crippen molar-refractivity contribution in [3.05, 3.63) is 28.9 Å². The Hall–Kier alpha value is -1.07. The first-order valence-electron chi connectivity index (χ1n) is 5.00. The van der Waals surface area contributed by atoms with Crippen molar-refractivity contribution in [3.63, 3.8) is 0 Å². The number of aromatic nitrogens is 1. The van der Waals surface area contributed by atoms with Crippen LogP contribution in [-0.2, 0) is 4.79 Å². The number of rotatable bonds is 2. The number of hydrogen-bond acceptors (Lipinski definition) is 3. The van der Waals surface area contributed by atoms with Crippen molar-refractivity contribution in [3.8, 4) is 0 Å². The Balaban J connectivity index is 2.27. The van der Waals surface area contributed by atoms with Crippen LogP contribution in [0.4, 0.5) is 0 Å². The Morgan fingerprint density at radius 3 is 2.81 bits per heavy atom. The molecule has 1 amide bonds. The van der Waals surface area contributed by atoms with Gasteiger partial charge in [0.1, 0.15) is 4.32 Å². The summed E-state index contributed by atoms with van der Waals surface area (Å²) < 4.78 is 0.637. The van der Waals surface area contributed by atoms with E-state index in [-0.39, 0.29) is 11.9 Å². The van der Waals surface area contributed by atoms with Gasteiger partial charge in [0.15, 0.2) is 0 Å². The van der Waals surface area contributed by atoms with Crippen molar-refractivity contribution < 1.29 is 4.79 Å². The van der Waals surface area contributed by atoms with Gasteiger partial charge in [0.25, 0.3) is 5.91 Å². The maximum Gasteiger partial charge on any atom is 0.266 e. The topological polar surface area (TPSA) is 36.1 Å². The highest BCUT2D eigenvalue weighted by Crippen LogP contribution is 2.33. The van der Waals surface area contributed by atoms with Crippen LogP contribution in [0.1, 0.15) is 19.5 Å². The zero-order valence-corrected chi connectivity index (χ0v) is 10.7. The molecule has 1 aromatic rings. The molecular weight excluding hydrogens is 240 g/mol. The molecule has 0 atom stereocenters. The fourth-order valence-corrected chi connectivity index (χ4v) is 3.02. The van der Waals surface area contributed by atoms with E-state index in [2.05, 4.69) is 4.98 Å². The molecule has 2 heterocycles. The van der Waals surface area contributed by atoms with Crippen LogP contribution < -0.4 is 0 Å². The van der Waals surface area contributed by atoms with Crippen LogP contribution in [0.15, 0.2) is 23.2 Å². The molecule has 1 fully saturated rings. The van der Waals surface area contributed by atoms with Gasteiger partial charge >= 0.3 is 0 Å². The Kier molecular flexibility index (Phi) is 3.16. The number of H-pyrrole nitrogens is 1. The molecule has 2 rings (SSSR count). The average molecular weight is 252 g/mol. The zero-order chi connectivity index (χ0) is 11.7. The fourth-order valence-electron chi connectivity index (χ4n) is 1.50. The van der Waals surface area contributed by atoms with E-state index in [1.54, 1.807) is 4.90 Å². The third-order valence-corrected chi connectivity index (χ3v) is 3.58. The number of nitrogens with one attached hydrogen (secondary N) is 1. The van der Waals surface area contributed by atoms with Gasteiger partial charge in [-0.25, -0.2) is 0 Å². The fraction of sp³-hybridized carbons (Fsp3) is 0.273. The lowest BCUT2D eigenvalue weighted by Gasteiger charge is -2.18. The first kappa shape index (κ1) is 11.4. The summed E-state index contributed by atoms with van der Waals surface area (Å²) in [6.07, 6.45) is 3.66. The van der Waals surface area contributed by atoms with Gasteiger partial charge in [-0.1, -0.05) is 24.0 Å². The van der Waals surface area contributed by atoms with Crippen molar-refractivity contribution in [1.29, 1.82) is 0 Å². The zero-order valence-electron chi connectivity index (χ0n) is 9.06. The van der Waals surface area contributed by atoms with Gasteiger partial charge in [-0.2, -0.15) is 0 Å². The summed E-state index contributed by atoms with van der Waals surface area (Å²) in [7, 11) is 0. The Bertz CT molecular complexity index is 449. The van der Waals surface area contributed by atoms with Crippen LogP contribution in [-0.4, -0.2) is 26.2 Å². The van der Waals surface area contributed by atoms with Crippen molar-refractivity contribution in [2.24, 2.45) is 0 Å². The van der Waals surface area contributed by atoms with Gasteiger partial charge in [-0.3, -0.25) is 9.69 Å². The van der Waals surface area contributed by atoms with Crippen molar-refractivity contribution in [2.75, 3.05) is 0 Å². The minimum absolute atomic E-state index is 0.000370. The standard InChI is InChI=1S/C11H12N2OS2/c1-7(2)13-10(14)9(16-11(13)15)6-8-4-3-5-12-8/h3-7,12H,1-2H3. The summed E-state index contributed by atoms with van der Waals surface area (Å²) in [5.41, 5.74) is 0.921. The van der Waals surface area contributed by atoms with Gasteiger partial charge in [0, 0.05) is 17.9 Å². The number of amides is 1. The maximum atomic E-state index is 12.0. The molecule has 0 radical (unpaired) electrons. The summed E-state index contributed by atoms with van der Waals surface area (Å²) in [5.74, 6) is -0.000370. The second-order valence-corrected chi connectivity index (χ2v) is 5.45. The lowest BCUT2D eigenvalue weighted by atomic mass is 10.3. The molecule has 5 heteroatoms. The lowest BCUT2D eigenvalue weighted by molar-refractivity contribution is -0.123. The quantitative estimate of drug-likeness (QED) is 0.649. The molecule has 1 aliphatic heterocycles. The highest BCUT2D eigenvalue weighted by Gasteiger charge is 2.33. The number of thioether (sulfide) groups is 1. The Labute approximate surface area is 104 Å². The van der Waals surface area contributed by atoms with Gasteiger partial charge in [-0.05, 0) is 32.1 Å². The molecule has 1 saturated heterocycles. The molecule has 84 valence electrons. The first-order chi connectivity index (χ1) is 7.59. The van der Waals surface area contributed by atoms with Crippen molar-refractivity contribution in [2.45, 2.75) is 19.9 Å². The van der Waals surface area contributed by atoms with Crippen molar-refractivity contribution >= 4 is 40.3 Å². The molecule has 0 saturated carbocycles. The monoisotopic (exact) mass is 252 g/mol. The normalized spacial score (nSPS) is 19.2. The van der Waals surface area contributed by atoms with E-state index in [1.165, 1.54) is 11.8 Å². The third-order valence-electron chi connectivity index (χ3n) is 2.25. The molecule has 0 aliphatic carbocycles. The molecule has 1 N–H and O–H groups in total. The Morgan fingerprint density at radius 1 is 1.56 bits per heavy atom. The largest absolute Gasteiger partial charge is 0.362 e. The highest BCUT2D eigenvalue weighted by atomic mass is 32.2. The van der Waals surface area contributed by atoms with Crippen LogP contribution >= 0.6 is 24.0 Å². The smallest absolute Gasteiger partial charge is 0.266 e. The number of thiocarbonyl (C=S) groups is 1. The maximum absolute atomic E-state index is 12.0. The number of carbonyl (C=O) groups excluding carboxylic acids is 1. The van der Waals surface area contributed by atoms with Gasteiger partial charge in [0.05, 0.1) is 4.91 Å². The number of hydrogen-bond donors (Lipinski definition) is 1. The number of aromatic amines is 1. The van der Waals surface area contributed by atoms with E-state index in [0.29, 0.717) is 9.23 Å². The SMILES string of the molecule is CC(C)N1C(=O)C(=Cc2ccc[nH]2)SC1=S. The van der Waals surface area contributed by atoms with E-state index in [1.807, 2.05) is 38.3 Å².